The summed E-state index contributed by atoms with van der Waals surface area (Å²) in [6.45, 7) is 4.38. The van der Waals surface area contributed by atoms with Gasteiger partial charge in [0.05, 0.1) is 11.0 Å². The van der Waals surface area contributed by atoms with E-state index in [-0.39, 0.29) is 10.8 Å². The van der Waals surface area contributed by atoms with Crippen LogP contribution in [-0.2, 0) is 19.1 Å². The number of aryl methyl sites for hydroxylation is 1. The normalized spacial score (nSPS) is 19.9. The van der Waals surface area contributed by atoms with Gasteiger partial charge in [-0.15, -0.1) is 0 Å². The summed E-state index contributed by atoms with van der Waals surface area (Å²) in [5.74, 6) is -0.0500. The van der Waals surface area contributed by atoms with E-state index in [9.17, 15) is 13.2 Å². The zero-order chi connectivity index (χ0) is 14.8. The first-order chi connectivity index (χ1) is 9.38. The first-order valence-electron chi connectivity index (χ1n) is 6.64. The van der Waals surface area contributed by atoms with Gasteiger partial charge in [-0.2, -0.15) is 8.42 Å². The van der Waals surface area contributed by atoms with E-state index in [4.69, 9.17) is 4.18 Å². The van der Waals surface area contributed by atoms with Crippen LogP contribution in [0, 0.1) is 6.92 Å². The molecule has 20 heavy (non-hydrogen) atoms. The third-order valence-electron chi connectivity index (χ3n) is 3.40. The molecule has 1 amide bonds. The summed E-state index contributed by atoms with van der Waals surface area (Å²) in [6.07, 6.45) is 0.946. The fourth-order valence-corrected chi connectivity index (χ4v) is 3.34. The van der Waals surface area contributed by atoms with Crippen molar-refractivity contribution in [2.45, 2.75) is 37.7 Å². The molecule has 0 radical (unpaired) electrons. The Bertz CT molecular complexity index is 580. The first-order valence-corrected chi connectivity index (χ1v) is 8.05. The van der Waals surface area contributed by atoms with Crippen LogP contribution in [0.4, 0.5) is 0 Å². The highest BCUT2D eigenvalue weighted by Gasteiger charge is 2.27. The van der Waals surface area contributed by atoms with E-state index < -0.39 is 16.2 Å². The van der Waals surface area contributed by atoms with Gasteiger partial charge in [0.15, 0.2) is 0 Å². The fourth-order valence-electron chi connectivity index (χ4n) is 2.24. The molecular weight excluding hydrogens is 278 g/mol. The average Bonchev–Trinajstić information content (AvgIpc) is 2.39. The smallest absolute Gasteiger partial charge is 0.297 e. The lowest BCUT2D eigenvalue weighted by Crippen LogP contribution is -2.42. The molecule has 110 valence electrons. The number of hydrogen-bond donors (Lipinski definition) is 0. The van der Waals surface area contributed by atoms with Gasteiger partial charge in [-0.1, -0.05) is 17.7 Å². The Labute approximate surface area is 119 Å². The van der Waals surface area contributed by atoms with Crippen LogP contribution >= 0.6 is 0 Å². The lowest BCUT2D eigenvalue weighted by Gasteiger charge is -2.31. The maximum Gasteiger partial charge on any atom is 0.297 e. The summed E-state index contributed by atoms with van der Waals surface area (Å²) < 4.78 is 29.6. The number of carbonyl (C=O) groups excluding carboxylic acids is 1. The van der Waals surface area contributed by atoms with E-state index in [1.54, 1.807) is 17.0 Å². The standard InChI is InChI=1S/C14H19NO4S/c1-11-5-7-14(8-6-11)20(17,18)19-13-4-3-9-15(10-13)12(2)16/h5-8,13H,3-4,9-10H2,1-2H3/t13-/m0/s1. The molecule has 0 bridgehead atoms. The van der Waals surface area contributed by atoms with Crippen LogP contribution in [0.3, 0.4) is 0 Å². The molecule has 1 aromatic rings. The highest BCUT2D eigenvalue weighted by molar-refractivity contribution is 7.86. The van der Waals surface area contributed by atoms with Crippen molar-refractivity contribution in [2.75, 3.05) is 13.1 Å². The van der Waals surface area contributed by atoms with E-state index in [1.165, 1.54) is 19.1 Å². The molecule has 1 fully saturated rings. The second-order valence-electron chi connectivity index (χ2n) is 5.09. The molecule has 1 atom stereocenters. The Kier molecular flexibility index (Phi) is 4.45. The molecule has 5 nitrogen and oxygen atoms in total. The predicted octanol–water partition coefficient (Wildman–Crippen LogP) is 1.71. The van der Waals surface area contributed by atoms with Crippen molar-refractivity contribution >= 4 is 16.0 Å². The quantitative estimate of drug-likeness (QED) is 0.797. The van der Waals surface area contributed by atoms with Gasteiger partial charge >= 0.3 is 0 Å². The van der Waals surface area contributed by atoms with Crippen LogP contribution in [0.1, 0.15) is 25.3 Å². The molecule has 1 heterocycles. The zero-order valence-corrected chi connectivity index (χ0v) is 12.5. The van der Waals surface area contributed by atoms with Gasteiger partial charge in [0.25, 0.3) is 10.1 Å². The van der Waals surface area contributed by atoms with Crippen molar-refractivity contribution in [3.8, 4) is 0 Å². The summed E-state index contributed by atoms with van der Waals surface area (Å²) in [5, 5.41) is 0. The molecule has 0 unspecified atom stereocenters. The summed E-state index contributed by atoms with van der Waals surface area (Å²) >= 11 is 0. The Balaban J connectivity index is 2.08. The molecule has 1 saturated heterocycles. The maximum atomic E-state index is 12.2. The van der Waals surface area contributed by atoms with Gasteiger partial charge in [-0.25, -0.2) is 0 Å². The number of likely N-dealkylation sites (tertiary alicyclic amines) is 1. The minimum atomic E-state index is -3.76. The Morgan fingerprint density at radius 1 is 1.30 bits per heavy atom. The number of rotatable bonds is 3. The molecule has 1 aliphatic heterocycles. The molecule has 0 aliphatic carbocycles. The van der Waals surface area contributed by atoms with Crippen molar-refractivity contribution in [1.29, 1.82) is 0 Å². The highest BCUT2D eigenvalue weighted by atomic mass is 32.2. The van der Waals surface area contributed by atoms with Crippen LogP contribution < -0.4 is 0 Å². The molecular formula is C14H19NO4S. The number of hydrogen-bond acceptors (Lipinski definition) is 4. The third kappa shape index (κ3) is 3.58. The Morgan fingerprint density at radius 2 is 1.95 bits per heavy atom. The van der Waals surface area contributed by atoms with E-state index in [2.05, 4.69) is 0 Å². The van der Waals surface area contributed by atoms with Crippen molar-refractivity contribution in [3.63, 3.8) is 0 Å². The third-order valence-corrected chi connectivity index (χ3v) is 4.77. The number of nitrogens with zero attached hydrogens (tertiary/aromatic N) is 1. The molecule has 6 heteroatoms. The zero-order valence-electron chi connectivity index (χ0n) is 11.7. The van der Waals surface area contributed by atoms with Crippen molar-refractivity contribution in [3.05, 3.63) is 29.8 Å². The van der Waals surface area contributed by atoms with Crippen LogP contribution in [0.5, 0.6) is 0 Å². The molecule has 0 saturated carbocycles. The SMILES string of the molecule is CC(=O)N1CCC[C@H](OS(=O)(=O)c2ccc(C)cc2)C1. The van der Waals surface area contributed by atoms with Gasteiger partial charge in [0.1, 0.15) is 0 Å². The molecule has 0 aromatic heterocycles. The van der Waals surface area contributed by atoms with Gasteiger partial charge in [-0.05, 0) is 31.9 Å². The summed E-state index contributed by atoms with van der Waals surface area (Å²) in [6, 6.07) is 6.55. The monoisotopic (exact) mass is 297 g/mol. The molecule has 0 N–H and O–H groups in total. The summed E-state index contributed by atoms with van der Waals surface area (Å²) in [7, 11) is -3.76. The Hall–Kier alpha value is -1.40. The van der Waals surface area contributed by atoms with E-state index >= 15 is 0 Å². The lowest BCUT2D eigenvalue weighted by molar-refractivity contribution is -0.131. The summed E-state index contributed by atoms with van der Waals surface area (Å²) in [5.41, 5.74) is 0.990. The van der Waals surface area contributed by atoms with Crippen molar-refractivity contribution in [1.82, 2.24) is 4.90 Å². The predicted molar refractivity (Wildman–Crippen MR) is 74.7 cm³/mol. The van der Waals surface area contributed by atoms with Crippen LogP contribution in [-0.4, -0.2) is 38.4 Å². The van der Waals surface area contributed by atoms with E-state index in [1.807, 2.05) is 6.92 Å². The summed E-state index contributed by atoms with van der Waals surface area (Å²) in [4.78, 5) is 13.1. The minimum absolute atomic E-state index is 0.0500. The second kappa shape index (κ2) is 5.93. The van der Waals surface area contributed by atoms with Crippen molar-refractivity contribution < 1.29 is 17.4 Å². The molecule has 0 spiro atoms. The number of carbonyl (C=O) groups is 1. The number of piperidine rings is 1. The molecule has 2 rings (SSSR count). The van der Waals surface area contributed by atoms with Crippen LogP contribution in [0.25, 0.3) is 0 Å². The largest absolute Gasteiger partial charge is 0.340 e. The maximum absolute atomic E-state index is 12.2. The first kappa shape index (κ1) is 15.0. The number of amides is 1. The Morgan fingerprint density at radius 3 is 2.55 bits per heavy atom. The van der Waals surface area contributed by atoms with Crippen LogP contribution in [0.15, 0.2) is 29.2 Å². The fraction of sp³-hybridized carbons (Fsp3) is 0.500. The van der Waals surface area contributed by atoms with Gasteiger partial charge in [-0.3, -0.25) is 8.98 Å². The lowest BCUT2D eigenvalue weighted by atomic mass is 10.1. The topological polar surface area (TPSA) is 63.7 Å². The number of benzene rings is 1. The van der Waals surface area contributed by atoms with Gasteiger partial charge in [0.2, 0.25) is 5.91 Å². The van der Waals surface area contributed by atoms with E-state index in [0.29, 0.717) is 19.5 Å². The van der Waals surface area contributed by atoms with Crippen molar-refractivity contribution in [2.24, 2.45) is 0 Å². The second-order valence-corrected chi connectivity index (χ2v) is 6.66. The van der Waals surface area contributed by atoms with Crippen LogP contribution in [0.2, 0.25) is 0 Å². The van der Waals surface area contributed by atoms with E-state index in [0.717, 1.165) is 12.0 Å². The molecule has 1 aromatic carbocycles. The molecule has 1 aliphatic rings. The highest BCUT2D eigenvalue weighted by Crippen LogP contribution is 2.20. The van der Waals surface area contributed by atoms with Gasteiger partial charge < -0.3 is 4.90 Å². The average molecular weight is 297 g/mol. The minimum Gasteiger partial charge on any atom is -0.340 e. The van der Waals surface area contributed by atoms with Gasteiger partial charge in [0, 0.05) is 20.0 Å².